The molecular formula is C19H18N2O. The van der Waals surface area contributed by atoms with Gasteiger partial charge in [0, 0.05) is 11.9 Å². The highest BCUT2D eigenvalue weighted by Gasteiger charge is 2.05. The minimum Gasteiger partial charge on any atom is -0.487 e. The molecule has 22 heavy (non-hydrogen) atoms. The molecule has 0 unspecified atom stereocenters. The van der Waals surface area contributed by atoms with Crippen LogP contribution in [0.3, 0.4) is 0 Å². The maximum atomic E-state index is 6.12. The topological polar surface area (TPSA) is 48.1 Å². The lowest BCUT2D eigenvalue weighted by atomic mass is 10.1. The molecule has 2 aromatic carbocycles. The molecule has 0 aliphatic rings. The van der Waals surface area contributed by atoms with Crippen molar-refractivity contribution in [3.8, 4) is 16.9 Å². The first-order chi connectivity index (χ1) is 10.7. The largest absolute Gasteiger partial charge is 0.487 e. The molecule has 0 saturated heterocycles. The van der Waals surface area contributed by atoms with Gasteiger partial charge in [-0.3, -0.25) is 4.98 Å². The van der Waals surface area contributed by atoms with Crippen molar-refractivity contribution in [3.05, 3.63) is 78.1 Å². The van der Waals surface area contributed by atoms with Crippen LogP contribution in [-0.2, 0) is 6.61 Å². The molecule has 3 nitrogen and oxygen atoms in total. The summed E-state index contributed by atoms with van der Waals surface area (Å²) in [5, 5.41) is 0. The molecule has 0 aliphatic heterocycles. The van der Waals surface area contributed by atoms with Crippen LogP contribution in [0.25, 0.3) is 11.1 Å². The lowest BCUT2D eigenvalue weighted by Gasteiger charge is -2.11. The minimum absolute atomic E-state index is 0.513. The Morgan fingerprint density at radius 1 is 0.955 bits per heavy atom. The second kappa shape index (κ2) is 6.31. The summed E-state index contributed by atoms with van der Waals surface area (Å²) in [5.74, 6) is 0.707. The van der Waals surface area contributed by atoms with Crippen molar-refractivity contribution in [2.45, 2.75) is 13.5 Å². The molecule has 0 aliphatic carbocycles. The van der Waals surface area contributed by atoms with Gasteiger partial charge in [-0.15, -0.1) is 0 Å². The van der Waals surface area contributed by atoms with Crippen LogP contribution in [0.2, 0.25) is 0 Å². The summed E-state index contributed by atoms with van der Waals surface area (Å²) in [5.41, 5.74) is 11.0. The van der Waals surface area contributed by atoms with E-state index in [1.807, 2.05) is 67.6 Å². The Bertz CT molecular complexity index is 769. The summed E-state index contributed by atoms with van der Waals surface area (Å²) in [6.45, 7) is 2.49. The molecule has 0 bridgehead atoms. The molecule has 0 atom stereocenters. The smallest absolute Gasteiger partial charge is 0.142 e. The van der Waals surface area contributed by atoms with E-state index in [-0.39, 0.29) is 0 Å². The first kappa shape index (κ1) is 14.1. The monoisotopic (exact) mass is 290 g/mol. The minimum atomic E-state index is 0.513. The van der Waals surface area contributed by atoms with Gasteiger partial charge in [-0.2, -0.15) is 0 Å². The second-order valence-corrected chi connectivity index (χ2v) is 5.21. The van der Waals surface area contributed by atoms with Crippen LogP contribution >= 0.6 is 0 Å². The van der Waals surface area contributed by atoms with Crippen molar-refractivity contribution in [1.82, 2.24) is 4.98 Å². The van der Waals surface area contributed by atoms with E-state index >= 15 is 0 Å². The Kier molecular flexibility index (Phi) is 4.05. The van der Waals surface area contributed by atoms with Gasteiger partial charge < -0.3 is 10.5 Å². The molecule has 1 aromatic heterocycles. The number of hydrogen-bond donors (Lipinski definition) is 1. The molecule has 3 rings (SSSR count). The van der Waals surface area contributed by atoms with Crippen LogP contribution < -0.4 is 10.5 Å². The summed E-state index contributed by atoms with van der Waals surface area (Å²) in [6.07, 6.45) is 1.81. The molecule has 3 aromatic rings. The van der Waals surface area contributed by atoms with Crippen LogP contribution in [0.4, 0.5) is 5.69 Å². The molecule has 0 radical (unpaired) electrons. The number of pyridine rings is 1. The number of aryl methyl sites for hydroxylation is 1. The molecule has 0 fully saturated rings. The quantitative estimate of drug-likeness (QED) is 0.732. The van der Waals surface area contributed by atoms with E-state index in [2.05, 4.69) is 4.98 Å². The maximum absolute atomic E-state index is 6.12. The molecule has 0 saturated carbocycles. The number of nitrogen functional groups attached to an aromatic ring is 1. The van der Waals surface area contributed by atoms with Crippen molar-refractivity contribution in [2.75, 3.05) is 5.73 Å². The lowest BCUT2D eigenvalue weighted by molar-refractivity contribution is 0.308. The Labute approximate surface area is 130 Å². The van der Waals surface area contributed by atoms with Crippen molar-refractivity contribution < 1.29 is 4.74 Å². The average molecular weight is 290 g/mol. The van der Waals surface area contributed by atoms with Crippen molar-refractivity contribution in [1.29, 1.82) is 0 Å². The number of ether oxygens (including phenoxy) is 1. The van der Waals surface area contributed by atoms with Gasteiger partial charge in [0.2, 0.25) is 0 Å². The summed E-state index contributed by atoms with van der Waals surface area (Å²) in [4.78, 5) is 4.21. The number of nitrogens with zero attached hydrogens (tertiary/aromatic N) is 1. The Morgan fingerprint density at radius 3 is 2.45 bits per heavy atom. The van der Waals surface area contributed by atoms with Gasteiger partial charge in [-0.1, -0.05) is 36.4 Å². The van der Waals surface area contributed by atoms with Crippen LogP contribution in [-0.4, -0.2) is 4.98 Å². The van der Waals surface area contributed by atoms with Gasteiger partial charge in [0.05, 0.1) is 5.69 Å². The summed E-state index contributed by atoms with van der Waals surface area (Å²) in [7, 11) is 0. The normalized spacial score (nSPS) is 10.4. The molecule has 0 amide bonds. The number of aromatic nitrogens is 1. The fourth-order valence-corrected chi connectivity index (χ4v) is 2.32. The van der Waals surface area contributed by atoms with Gasteiger partial charge in [-0.05, 0) is 47.9 Å². The fraction of sp³-hybridized carbons (Fsp3) is 0.105. The van der Waals surface area contributed by atoms with Crippen molar-refractivity contribution in [2.24, 2.45) is 0 Å². The predicted octanol–water partition coefficient (Wildman–Crippen LogP) is 4.22. The van der Waals surface area contributed by atoms with Gasteiger partial charge in [-0.25, -0.2) is 0 Å². The highest BCUT2D eigenvalue weighted by Crippen LogP contribution is 2.29. The van der Waals surface area contributed by atoms with E-state index in [1.165, 1.54) is 0 Å². The summed E-state index contributed by atoms with van der Waals surface area (Å²) >= 11 is 0. The molecule has 2 N–H and O–H groups in total. The highest BCUT2D eigenvalue weighted by molar-refractivity contribution is 5.70. The molecular weight excluding hydrogens is 272 g/mol. The molecule has 3 heteroatoms. The predicted molar refractivity (Wildman–Crippen MR) is 89.6 cm³/mol. The van der Waals surface area contributed by atoms with Gasteiger partial charge in [0.25, 0.3) is 0 Å². The summed E-state index contributed by atoms with van der Waals surface area (Å²) in [6, 6.07) is 19.9. The van der Waals surface area contributed by atoms with E-state index in [1.54, 1.807) is 6.20 Å². The van der Waals surface area contributed by atoms with Crippen LogP contribution in [0.15, 0.2) is 66.9 Å². The fourth-order valence-electron chi connectivity index (χ4n) is 2.32. The van der Waals surface area contributed by atoms with Gasteiger partial charge >= 0.3 is 0 Å². The lowest BCUT2D eigenvalue weighted by Crippen LogP contribution is -1.99. The first-order valence-corrected chi connectivity index (χ1v) is 7.21. The van der Waals surface area contributed by atoms with Crippen molar-refractivity contribution >= 4 is 5.69 Å². The number of nitrogens with two attached hydrogens (primary N) is 1. The Morgan fingerprint density at radius 2 is 1.73 bits per heavy atom. The average Bonchev–Trinajstić information content (AvgIpc) is 2.54. The summed E-state index contributed by atoms with van der Waals surface area (Å²) < 4.78 is 5.80. The van der Waals surface area contributed by atoms with Crippen molar-refractivity contribution in [3.63, 3.8) is 0 Å². The standard InChI is InChI=1S/C19H18N2O/c1-14-11-17(9-10-21-14)16-7-8-19(18(20)12-16)22-13-15-5-3-2-4-6-15/h2-12H,13,20H2,1H3. The van der Waals surface area contributed by atoms with Gasteiger partial charge in [0.15, 0.2) is 0 Å². The number of benzene rings is 2. The van der Waals surface area contributed by atoms with Gasteiger partial charge in [0.1, 0.15) is 12.4 Å². The zero-order valence-corrected chi connectivity index (χ0v) is 12.5. The van der Waals surface area contributed by atoms with Crippen LogP contribution in [0, 0.1) is 6.92 Å². The zero-order valence-electron chi connectivity index (χ0n) is 12.5. The highest BCUT2D eigenvalue weighted by atomic mass is 16.5. The van der Waals surface area contributed by atoms with E-state index in [9.17, 15) is 0 Å². The Hall–Kier alpha value is -2.81. The molecule has 0 spiro atoms. The zero-order chi connectivity index (χ0) is 15.4. The number of anilines is 1. The Balaban J connectivity index is 1.78. The number of hydrogen-bond acceptors (Lipinski definition) is 3. The van der Waals surface area contributed by atoms with Crippen LogP contribution in [0.1, 0.15) is 11.3 Å². The third kappa shape index (κ3) is 3.26. The third-order valence-electron chi connectivity index (χ3n) is 3.48. The molecule has 1 heterocycles. The molecule has 110 valence electrons. The van der Waals surface area contributed by atoms with E-state index in [4.69, 9.17) is 10.5 Å². The SMILES string of the molecule is Cc1cc(-c2ccc(OCc3ccccc3)c(N)c2)ccn1. The van der Waals surface area contributed by atoms with Crippen LogP contribution in [0.5, 0.6) is 5.75 Å². The number of rotatable bonds is 4. The second-order valence-electron chi connectivity index (χ2n) is 5.21. The maximum Gasteiger partial charge on any atom is 0.142 e. The van der Waals surface area contributed by atoms with E-state index < -0.39 is 0 Å². The first-order valence-electron chi connectivity index (χ1n) is 7.21. The third-order valence-corrected chi connectivity index (χ3v) is 3.48. The van der Waals surface area contributed by atoms with E-state index in [0.29, 0.717) is 18.0 Å². The van der Waals surface area contributed by atoms with E-state index in [0.717, 1.165) is 22.4 Å².